The van der Waals surface area contributed by atoms with Gasteiger partial charge in [0.15, 0.2) is 5.71 Å². The highest BCUT2D eigenvalue weighted by Gasteiger charge is 2.30. The molecule has 154 valence electrons. The van der Waals surface area contributed by atoms with E-state index in [2.05, 4.69) is 15.6 Å². The first-order valence-electron chi connectivity index (χ1n) is 8.57. The van der Waals surface area contributed by atoms with E-state index >= 15 is 0 Å². The average Bonchev–Trinajstić information content (AvgIpc) is 2.71. The number of nitrogens with zero attached hydrogens (tertiary/aromatic N) is 2. The van der Waals surface area contributed by atoms with Gasteiger partial charge in [0.25, 0.3) is 5.91 Å². The summed E-state index contributed by atoms with van der Waals surface area (Å²) in [5.41, 5.74) is 0.585. The quantitative estimate of drug-likeness (QED) is 0.559. The van der Waals surface area contributed by atoms with Gasteiger partial charge in [0, 0.05) is 18.2 Å². The molecule has 2 aromatic rings. The Morgan fingerprint density at radius 2 is 1.90 bits per heavy atom. The minimum absolute atomic E-state index is 0.0444. The zero-order chi connectivity index (χ0) is 21.4. The smallest absolute Gasteiger partial charge is 0.398 e. The Morgan fingerprint density at radius 1 is 1.17 bits per heavy atom. The Labute approximate surface area is 166 Å². The van der Waals surface area contributed by atoms with E-state index < -0.39 is 23.8 Å². The second-order valence-corrected chi connectivity index (χ2v) is 5.89. The van der Waals surface area contributed by atoms with Gasteiger partial charge in [-0.1, -0.05) is 46.7 Å². The van der Waals surface area contributed by atoms with Gasteiger partial charge in [0.05, 0.1) is 11.8 Å². The molecule has 0 aliphatic carbocycles. The van der Waals surface area contributed by atoms with E-state index in [1.807, 2.05) is 0 Å². The number of alkyl halides is 3. The van der Waals surface area contributed by atoms with Crippen molar-refractivity contribution in [1.29, 1.82) is 0 Å². The number of amides is 1. The van der Waals surface area contributed by atoms with Gasteiger partial charge in [-0.25, -0.2) is 0 Å². The third kappa shape index (κ3) is 5.81. The lowest BCUT2D eigenvalue weighted by Crippen LogP contribution is -2.29. The molecular formula is C20H20F3N3O3. The van der Waals surface area contributed by atoms with E-state index in [1.165, 1.54) is 32.5 Å². The van der Waals surface area contributed by atoms with Crippen LogP contribution in [0.1, 0.15) is 35.3 Å². The summed E-state index contributed by atoms with van der Waals surface area (Å²) in [6, 6.07) is 11.6. The molecule has 0 unspecified atom stereocenters. The summed E-state index contributed by atoms with van der Waals surface area (Å²) in [4.78, 5) is 22.1. The molecule has 0 spiro atoms. The van der Waals surface area contributed by atoms with Crippen LogP contribution >= 0.6 is 0 Å². The molecule has 29 heavy (non-hydrogen) atoms. The van der Waals surface area contributed by atoms with Crippen LogP contribution in [0.4, 0.5) is 13.2 Å². The normalized spacial score (nSPS) is 13.2. The zero-order valence-electron chi connectivity index (χ0n) is 16.0. The summed E-state index contributed by atoms with van der Waals surface area (Å²) in [5.74, 6) is -0.453. The maximum Gasteiger partial charge on any atom is 0.416 e. The number of hydrogen-bond donors (Lipinski definition) is 1. The Morgan fingerprint density at radius 3 is 2.55 bits per heavy atom. The number of carbonyl (C=O) groups is 1. The topological polar surface area (TPSA) is 72.3 Å². The van der Waals surface area contributed by atoms with Crippen molar-refractivity contribution in [2.24, 2.45) is 10.3 Å². The summed E-state index contributed by atoms with van der Waals surface area (Å²) in [6.45, 7) is 1.58. The minimum atomic E-state index is -4.44. The zero-order valence-corrected chi connectivity index (χ0v) is 16.0. The maximum atomic E-state index is 12.9. The third-order valence-electron chi connectivity index (χ3n) is 3.93. The molecule has 0 fully saturated rings. The van der Waals surface area contributed by atoms with E-state index in [0.717, 1.165) is 12.1 Å². The van der Waals surface area contributed by atoms with Crippen molar-refractivity contribution in [3.05, 3.63) is 70.8 Å². The fraction of sp³-hybridized carbons (Fsp3) is 0.250. The van der Waals surface area contributed by atoms with Gasteiger partial charge in [0.1, 0.15) is 13.2 Å². The molecule has 0 saturated heterocycles. The van der Waals surface area contributed by atoms with Gasteiger partial charge in [-0.2, -0.15) is 13.2 Å². The van der Waals surface area contributed by atoms with E-state index in [0.29, 0.717) is 16.7 Å². The van der Waals surface area contributed by atoms with Gasteiger partial charge >= 0.3 is 6.18 Å². The van der Waals surface area contributed by atoms with E-state index in [4.69, 9.17) is 9.68 Å². The number of carbonyl (C=O) groups excluding carboxylic acids is 1. The van der Waals surface area contributed by atoms with Crippen molar-refractivity contribution in [3.63, 3.8) is 0 Å². The van der Waals surface area contributed by atoms with Crippen LogP contribution in [0.2, 0.25) is 0 Å². The number of oxime groups is 2. The minimum Gasteiger partial charge on any atom is -0.398 e. The fourth-order valence-corrected chi connectivity index (χ4v) is 2.46. The first-order valence-corrected chi connectivity index (χ1v) is 8.57. The second-order valence-electron chi connectivity index (χ2n) is 5.89. The first-order chi connectivity index (χ1) is 13.8. The molecule has 0 saturated carbocycles. The van der Waals surface area contributed by atoms with Crippen molar-refractivity contribution in [1.82, 2.24) is 5.32 Å². The molecule has 0 radical (unpaired) electrons. The third-order valence-corrected chi connectivity index (χ3v) is 3.93. The number of nitrogens with one attached hydrogen (secondary N) is 1. The van der Waals surface area contributed by atoms with Crippen LogP contribution in [-0.4, -0.2) is 32.0 Å². The van der Waals surface area contributed by atoms with Crippen LogP contribution in [-0.2, 0) is 20.6 Å². The van der Waals surface area contributed by atoms with Crippen LogP contribution in [0, 0.1) is 0 Å². The van der Waals surface area contributed by atoms with Crippen molar-refractivity contribution < 1.29 is 27.6 Å². The number of halogens is 3. The standard InChI is InChI=1S/C20H20F3N3O3/c1-13(14-8-6-9-16(11-14)20(21,22)23)29-25-12-15-7-4-5-10-17(15)18(26-28-3)19(27)24-2/h4-13H,1-3H3,(H,24,27)/b25-12+,26-18+/t13-/m0/s1. The highest BCUT2D eigenvalue weighted by Crippen LogP contribution is 2.31. The van der Waals surface area contributed by atoms with E-state index in [1.54, 1.807) is 31.2 Å². The predicted molar refractivity (Wildman–Crippen MR) is 103 cm³/mol. The summed E-state index contributed by atoms with van der Waals surface area (Å²) >= 11 is 0. The summed E-state index contributed by atoms with van der Waals surface area (Å²) in [5, 5.41) is 10.1. The largest absolute Gasteiger partial charge is 0.416 e. The Bertz CT molecular complexity index is 911. The van der Waals surface area contributed by atoms with Gasteiger partial charge in [0.2, 0.25) is 0 Å². The highest BCUT2D eigenvalue weighted by atomic mass is 19.4. The lowest BCUT2D eigenvalue weighted by Gasteiger charge is -2.13. The molecule has 2 aromatic carbocycles. The molecule has 6 nitrogen and oxygen atoms in total. The number of rotatable bonds is 7. The van der Waals surface area contributed by atoms with Gasteiger partial charge in [-0.3, -0.25) is 4.79 Å². The van der Waals surface area contributed by atoms with E-state index in [-0.39, 0.29) is 5.71 Å². The molecule has 1 amide bonds. The van der Waals surface area contributed by atoms with Gasteiger partial charge in [-0.05, 0) is 24.6 Å². The van der Waals surface area contributed by atoms with Crippen molar-refractivity contribution in [2.75, 3.05) is 14.2 Å². The van der Waals surface area contributed by atoms with E-state index in [9.17, 15) is 18.0 Å². The predicted octanol–water partition coefficient (Wildman–Crippen LogP) is 3.91. The fourth-order valence-electron chi connectivity index (χ4n) is 2.46. The molecule has 0 aliphatic heterocycles. The van der Waals surface area contributed by atoms with Crippen molar-refractivity contribution in [3.8, 4) is 0 Å². The number of hydrogen-bond acceptors (Lipinski definition) is 5. The Kier molecular flexibility index (Phi) is 7.35. The van der Waals surface area contributed by atoms with Crippen molar-refractivity contribution in [2.45, 2.75) is 19.2 Å². The molecule has 0 bridgehead atoms. The van der Waals surface area contributed by atoms with Crippen LogP contribution in [0.15, 0.2) is 58.8 Å². The number of likely N-dealkylation sites (N-methyl/N-ethyl adjacent to an activating group) is 1. The highest BCUT2D eigenvalue weighted by molar-refractivity contribution is 6.46. The van der Waals surface area contributed by atoms with Gasteiger partial charge in [-0.15, -0.1) is 0 Å². The van der Waals surface area contributed by atoms with Crippen molar-refractivity contribution >= 4 is 17.8 Å². The first kappa shape index (κ1) is 21.9. The lowest BCUT2D eigenvalue weighted by atomic mass is 10.0. The molecule has 0 aromatic heterocycles. The maximum absolute atomic E-state index is 12.9. The molecule has 0 aliphatic rings. The SMILES string of the molecule is CNC(=O)/C(=N/OC)c1ccccc1/C=N/O[C@@H](C)c1cccc(C(F)(F)F)c1. The summed E-state index contributed by atoms with van der Waals surface area (Å²) < 4.78 is 38.6. The molecule has 9 heteroatoms. The van der Waals surface area contributed by atoms with Crippen LogP contribution in [0.5, 0.6) is 0 Å². The average molecular weight is 407 g/mol. The molecule has 2 rings (SSSR count). The van der Waals surface area contributed by atoms with Crippen LogP contribution < -0.4 is 5.32 Å². The molecular weight excluding hydrogens is 387 g/mol. The molecule has 0 heterocycles. The molecule has 1 atom stereocenters. The lowest BCUT2D eigenvalue weighted by molar-refractivity contribution is -0.137. The van der Waals surface area contributed by atoms with Crippen LogP contribution in [0.25, 0.3) is 0 Å². The second kappa shape index (κ2) is 9.72. The summed E-state index contributed by atoms with van der Waals surface area (Å²) in [7, 11) is 2.78. The summed E-state index contributed by atoms with van der Waals surface area (Å²) in [6.07, 6.45) is -3.80. The Hall–Kier alpha value is -3.36. The number of benzene rings is 2. The van der Waals surface area contributed by atoms with Gasteiger partial charge < -0.3 is 15.0 Å². The molecule has 1 N–H and O–H groups in total. The van der Waals surface area contributed by atoms with Crippen LogP contribution in [0.3, 0.4) is 0 Å². The monoisotopic (exact) mass is 407 g/mol. The Balaban J connectivity index is 2.21.